The standard InChI is InChI=1S/C19H21FN2O3/c1-12(2)11-21-18(23)15-6-4-5-7-17(15)22-19(24)14-9-8-13(25-3)10-16(14)20/h4-10,12H,11H2,1-3H3,(H,21,23)(H,22,24). The van der Waals surface area contributed by atoms with E-state index >= 15 is 0 Å². The molecular formula is C19H21FN2O3. The van der Waals surface area contributed by atoms with Gasteiger partial charge in [-0.15, -0.1) is 0 Å². The zero-order valence-corrected chi connectivity index (χ0v) is 14.4. The van der Waals surface area contributed by atoms with Gasteiger partial charge < -0.3 is 15.4 Å². The van der Waals surface area contributed by atoms with E-state index in [4.69, 9.17) is 4.74 Å². The molecule has 2 amide bonds. The Hall–Kier alpha value is -2.89. The molecule has 6 heteroatoms. The van der Waals surface area contributed by atoms with Gasteiger partial charge in [0.05, 0.1) is 23.9 Å². The number of carbonyl (C=O) groups is 2. The average Bonchev–Trinajstić information content (AvgIpc) is 2.59. The van der Waals surface area contributed by atoms with E-state index < -0.39 is 11.7 Å². The van der Waals surface area contributed by atoms with Crippen LogP contribution in [0.4, 0.5) is 10.1 Å². The molecule has 2 aromatic rings. The van der Waals surface area contributed by atoms with Crippen LogP contribution < -0.4 is 15.4 Å². The Balaban J connectivity index is 2.20. The number of ether oxygens (including phenoxy) is 1. The zero-order valence-electron chi connectivity index (χ0n) is 14.4. The average molecular weight is 344 g/mol. The first-order valence-corrected chi connectivity index (χ1v) is 7.94. The van der Waals surface area contributed by atoms with E-state index in [2.05, 4.69) is 10.6 Å². The summed E-state index contributed by atoms with van der Waals surface area (Å²) in [5, 5.41) is 5.39. The maximum atomic E-state index is 14.0. The summed E-state index contributed by atoms with van der Waals surface area (Å²) in [5.74, 6) is -0.996. The van der Waals surface area contributed by atoms with Gasteiger partial charge in [0.1, 0.15) is 11.6 Å². The minimum atomic E-state index is -0.696. The summed E-state index contributed by atoms with van der Waals surface area (Å²) in [5.41, 5.74) is 0.521. The number of amides is 2. The SMILES string of the molecule is COc1ccc(C(=O)Nc2ccccc2C(=O)NCC(C)C)c(F)c1. The Kier molecular flexibility index (Phi) is 6.11. The van der Waals surface area contributed by atoms with Gasteiger partial charge in [0.25, 0.3) is 11.8 Å². The molecule has 2 rings (SSSR count). The Morgan fingerprint density at radius 2 is 1.80 bits per heavy atom. The third-order valence-corrected chi connectivity index (χ3v) is 3.51. The summed E-state index contributed by atoms with van der Waals surface area (Å²) in [6.07, 6.45) is 0. The fourth-order valence-electron chi connectivity index (χ4n) is 2.18. The Morgan fingerprint density at radius 1 is 1.08 bits per heavy atom. The monoisotopic (exact) mass is 344 g/mol. The van der Waals surface area contributed by atoms with Crippen molar-refractivity contribution in [2.24, 2.45) is 5.92 Å². The number of hydrogen-bond donors (Lipinski definition) is 2. The topological polar surface area (TPSA) is 67.4 Å². The highest BCUT2D eigenvalue weighted by Gasteiger charge is 2.17. The van der Waals surface area contributed by atoms with Crippen LogP contribution in [-0.2, 0) is 0 Å². The first kappa shape index (κ1) is 18.4. The lowest BCUT2D eigenvalue weighted by Crippen LogP contribution is -2.28. The maximum Gasteiger partial charge on any atom is 0.258 e. The zero-order chi connectivity index (χ0) is 18.4. The lowest BCUT2D eigenvalue weighted by molar-refractivity contribution is 0.0950. The summed E-state index contributed by atoms with van der Waals surface area (Å²) in [7, 11) is 1.42. The molecule has 0 atom stereocenters. The van der Waals surface area contributed by atoms with Crippen molar-refractivity contribution in [3.63, 3.8) is 0 Å². The number of nitrogens with one attached hydrogen (secondary N) is 2. The Morgan fingerprint density at radius 3 is 2.44 bits per heavy atom. The molecule has 0 heterocycles. The number of rotatable bonds is 6. The quantitative estimate of drug-likeness (QED) is 0.843. The molecule has 25 heavy (non-hydrogen) atoms. The number of hydrogen-bond acceptors (Lipinski definition) is 3. The molecule has 0 spiro atoms. The molecule has 2 N–H and O–H groups in total. The van der Waals surface area contributed by atoms with Crippen LogP contribution >= 0.6 is 0 Å². The summed E-state index contributed by atoms with van der Waals surface area (Å²) >= 11 is 0. The van der Waals surface area contributed by atoms with Gasteiger partial charge in [-0.2, -0.15) is 0 Å². The van der Waals surface area contributed by atoms with Crippen molar-refractivity contribution in [3.8, 4) is 5.75 Å². The van der Waals surface area contributed by atoms with Gasteiger partial charge in [-0.1, -0.05) is 26.0 Å². The number of anilines is 1. The number of halogens is 1. The molecule has 0 aromatic heterocycles. The van der Waals surface area contributed by atoms with Gasteiger partial charge in [-0.3, -0.25) is 9.59 Å². The minimum absolute atomic E-state index is 0.127. The highest BCUT2D eigenvalue weighted by Crippen LogP contribution is 2.20. The first-order valence-electron chi connectivity index (χ1n) is 7.94. The van der Waals surface area contributed by atoms with Gasteiger partial charge in [0.2, 0.25) is 0 Å². The summed E-state index contributed by atoms with van der Waals surface area (Å²) < 4.78 is 19.0. The lowest BCUT2D eigenvalue weighted by atomic mass is 10.1. The van der Waals surface area contributed by atoms with Crippen molar-refractivity contribution >= 4 is 17.5 Å². The van der Waals surface area contributed by atoms with Crippen molar-refractivity contribution in [2.75, 3.05) is 19.0 Å². The van der Waals surface area contributed by atoms with Gasteiger partial charge in [-0.05, 0) is 30.2 Å². The van der Waals surface area contributed by atoms with Gasteiger partial charge in [0, 0.05) is 12.6 Å². The van der Waals surface area contributed by atoms with Crippen LogP contribution in [-0.4, -0.2) is 25.5 Å². The number of benzene rings is 2. The third kappa shape index (κ3) is 4.79. The number of para-hydroxylation sites is 1. The van der Waals surface area contributed by atoms with Crippen LogP contribution in [0.2, 0.25) is 0 Å². The summed E-state index contributed by atoms with van der Waals surface area (Å²) in [6.45, 7) is 4.50. The smallest absolute Gasteiger partial charge is 0.258 e. The number of methoxy groups -OCH3 is 1. The van der Waals surface area contributed by atoms with Crippen molar-refractivity contribution < 1.29 is 18.7 Å². The lowest BCUT2D eigenvalue weighted by Gasteiger charge is -2.13. The fraction of sp³-hybridized carbons (Fsp3) is 0.263. The molecule has 5 nitrogen and oxygen atoms in total. The molecule has 132 valence electrons. The first-order chi connectivity index (χ1) is 11.9. The molecule has 0 saturated heterocycles. The van der Waals surface area contributed by atoms with Crippen LogP contribution in [0.5, 0.6) is 5.75 Å². The second-order valence-electron chi connectivity index (χ2n) is 5.95. The van der Waals surface area contributed by atoms with Crippen LogP contribution in [0.1, 0.15) is 34.6 Å². The molecule has 0 radical (unpaired) electrons. The molecule has 0 aliphatic heterocycles. The maximum absolute atomic E-state index is 14.0. The van der Waals surface area contributed by atoms with Crippen molar-refractivity contribution in [1.29, 1.82) is 0 Å². The molecule has 2 aromatic carbocycles. The summed E-state index contributed by atoms with van der Waals surface area (Å²) in [6, 6.07) is 10.6. The van der Waals surface area contributed by atoms with Crippen molar-refractivity contribution in [2.45, 2.75) is 13.8 Å². The Labute approximate surface area is 146 Å². The van der Waals surface area contributed by atoms with Gasteiger partial charge in [-0.25, -0.2) is 4.39 Å². The minimum Gasteiger partial charge on any atom is -0.497 e. The highest BCUT2D eigenvalue weighted by molar-refractivity contribution is 6.09. The molecule has 0 aliphatic carbocycles. The van der Waals surface area contributed by atoms with E-state index in [1.165, 1.54) is 19.2 Å². The molecular weight excluding hydrogens is 323 g/mol. The largest absolute Gasteiger partial charge is 0.497 e. The van der Waals surface area contributed by atoms with Crippen molar-refractivity contribution in [1.82, 2.24) is 5.32 Å². The van der Waals surface area contributed by atoms with Crippen LogP contribution in [0.3, 0.4) is 0 Å². The summed E-state index contributed by atoms with van der Waals surface area (Å²) in [4.78, 5) is 24.6. The molecule has 0 saturated carbocycles. The van der Waals surface area contributed by atoms with Gasteiger partial charge in [0.15, 0.2) is 0 Å². The molecule has 0 bridgehead atoms. The highest BCUT2D eigenvalue weighted by atomic mass is 19.1. The van der Waals surface area contributed by atoms with E-state index in [0.29, 0.717) is 29.5 Å². The second-order valence-corrected chi connectivity index (χ2v) is 5.95. The molecule has 0 unspecified atom stereocenters. The number of carbonyl (C=O) groups excluding carboxylic acids is 2. The molecule has 0 fully saturated rings. The van der Waals surface area contributed by atoms with E-state index in [1.807, 2.05) is 13.8 Å². The van der Waals surface area contributed by atoms with E-state index in [-0.39, 0.29) is 11.5 Å². The Bertz CT molecular complexity index is 775. The van der Waals surface area contributed by atoms with Crippen LogP contribution in [0, 0.1) is 11.7 Å². The predicted molar refractivity (Wildman–Crippen MR) is 94.5 cm³/mol. The van der Waals surface area contributed by atoms with Crippen molar-refractivity contribution in [3.05, 3.63) is 59.4 Å². The van der Waals surface area contributed by atoms with Gasteiger partial charge >= 0.3 is 0 Å². The van der Waals surface area contributed by atoms with Crippen LogP contribution in [0.25, 0.3) is 0 Å². The fourth-order valence-corrected chi connectivity index (χ4v) is 2.18. The second kappa shape index (κ2) is 8.28. The third-order valence-electron chi connectivity index (χ3n) is 3.51. The van der Waals surface area contributed by atoms with Crippen LogP contribution in [0.15, 0.2) is 42.5 Å². The normalized spacial score (nSPS) is 10.4. The van der Waals surface area contributed by atoms with E-state index in [0.717, 1.165) is 6.07 Å². The van der Waals surface area contributed by atoms with E-state index in [9.17, 15) is 14.0 Å². The van der Waals surface area contributed by atoms with E-state index in [1.54, 1.807) is 24.3 Å². The molecule has 0 aliphatic rings. The predicted octanol–water partition coefficient (Wildman–Crippen LogP) is 3.47.